The third-order valence-electron chi connectivity index (χ3n) is 4.38. The van der Waals surface area contributed by atoms with E-state index in [0.29, 0.717) is 5.52 Å². The number of aromatic nitrogens is 1. The van der Waals surface area contributed by atoms with Gasteiger partial charge < -0.3 is 14.1 Å². The lowest BCUT2D eigenvalue weighted by molar-refractivity contribution is -0.141. The second-order valence-electron chi connectivity index (χ2n) is 6.55. The number of benzene rings is 2. The van der Waals surface area contributed by atoms with Gasteiger partial charge in [-0.1, -0.05) is 12.1 Å². The van der Waals surface area contributed by atoms with E-state index in [1.807, 2.05) is 43.3 Å². The van der Waals surface area contributed by atoms with Crippen molar-refractivity contribution >= 4 is 32.8 Å². The molecule has 0 unspecified atom stereocenters. The Bertz CT molecular complexity index is 1190. The summed E-state index contributed by atoms with van der Waals surface area (Å²) in [5.41, 5.74) is 2.18. The molecule has 3 aromatic rings. The van der Waals surface area contributed by atoms with Gasteiger partial charge in [0.05, 0.1) is 17.5 Å². The molecule has 1 aromatic heterocycles. The van der Waals surface area contributed by atoms with Crippen molar-refractivity contribution in [3.05, 3.63) is 58.6 Å². The number of hydrogen-bond acceptors (Lipinski definition) is 7. The van der Waals surface area contributed by atoms with Crippen LogP contribution in [0.4, 0.5) is 5.69 Å². The molecule has 1 heterocycles. The monoisotopic (exact) mass is 419 g/mol. The minimum absolute atomic E-state index is 0.0473. The van der Waals surface area contributed by atoms with Crippen LogP contribution in [0, 0.1) is 0 Å². The van der Waals surface area contributed by atoms with Gasteiger partial charge in [0, 0.05) is 32.4 Å². The lowest BCUT2D eigenvalue weighted by Crippen LogP contribution is -2.23. The van der Waals surface area contributed by atoms with Gasteiger partial charge >= 0.3 is 11.7 Å². The number of methoxy groups -OCH3 is 1. The van der Waals surface area contributed by atoms with E-state index < -0.39 is 21.7 Å². The zero-order chi connectivity index (χ0) is 21.2. The van der Waals surface area contributed by atoms with Gasteiger partial charge in [0.2, 0.25) is 10.0 Å². The van der Waals surface area contributed by atoms with E-state index in [0.717, 1.165) is 15.8 Å². The Balaban J connectivity index is 1.81. The van der Waals surface area contributed by atoms with Crippen molar-refractivity contribution in [1.29, 1.82) is 0 Å². The van der Waals surface area contributed by atoms with E-state index in [1.165, 1.54) is 25.3 Å². The van der Waals surface area contributed by atoms with Gasteiger partial charge in [-0.05, 0) is 29.8 Å². The molecule has 10 heteroatoms. The van der Waals surface area contributed by atoms with Crippen LogP contribution in [0.5, 0.6) is 0 Å². The fraction of sp³-hybridized carbons (Fsp3) is 0.263. The van der Waals surface area contributed by atoms with Crippen molar-refractivity contribution in [2.24, 2.45) is 0 Å². The number of hydrogen-bond donors (Lipinski definition) is 1. The molecule has 2 aromatic carbocycles. The highest BCUT2D eigenvalue weighted by Crippen LogP contribution is 2.19. The van der Waals surface area contributed by atoms with Crippen LogP contribution in [-0.4, -0.2) is 40.2 Å². The number of nitrogens with zero attached hydrogens (tertiary/aromatic N) is 2. The molecule has 0 saturated carbocycles. The summed E-state index contributed by atoms with van der Waals surface area (Å²) in [6, 6.07) is 11.5. The van der Waals surface area contributed by atoms with Gasteiger partial charge in [-0.3, -0.25) is 9.36 Å². The second-order valence-corrected chi connectivity index (χ2v) is 8.31. The van der Waals surface area contributed by atoms with E-state index in [9.17, 15) is 18.0 Å². The smallest absolute Gasteiger partial charge is 0.420 e. The molecule has 0 fully saturated rings. The Hall–Kier alpha value is -3.11. The summed E-state index contributed by atoms with van der Waals surface area (Å²) < 4.78 is 38.5. The van der Waals surface area contributed by atoms with Crippen LogP contribution in [0.25, 0.3) is 11.1 Å². The molecule has 3 rings (SSSR count). The summed E-state index contributed by atoms with van der Waals surface area (Å²) in [5.74, 6) is -1.39. The standard InChI is InChI=1S/C19H21N3O6S/c1-21(2)14-6-4-13(5-7-14)11-20-29(25,26)15-8-9-16-17(10-15)28-19(24)22(16)12-18(23)27-3/h4-10,20H,11-12H2,1-3H3. The molecule has 154 valence electrons. The first-order valence-corrected chi connectivity index (χ1v) is 10.2. The molecule has 0 bridgehead atoms. The summed E-state index contributed by atoms with van der Waals surface area (Å²) in [7, 11) is 1.22. The van der Waals surface area contributed by atoms with Crippen LogP contribution >= 0.6 is 0 Å². The quantitative estimate of drug-likeness (QED) is 0.575. The lowest BCUT2D eigenvalue weighted by Gasteiger charge is -2.13. The molecule has 0 aliphatic carbocycles. The molecular formula is C19H21N3O6S. The second kappa shape index (κ2) is 8.10. The predicted octanol–water partition coefficient (Wildman–Crippen LogP) is 1.31. The zero-order valence-corrected chi connectivity index (χ0v) is 17.0. The Labute approximate surface area is 167 Å². The van der Waals surface area contributed by atoms with Crippen molar-refractivity contribution in [2.75, 3.05) is 26.1 Å². The molecule has 0 aliphatic rings. The maximum absolute atomic E-state index is 12.6. The van der Waals surface area contributed by atoms with Gasteiger partial charge in [-0.15, -0.1) is 0 Å². The average molecular weight is 419 g/mol. The first-order valence-electron chi connectivity index (χ1n) is 8.67. The molecule has 1 N–H and O–H groups in total. The number of oxazole rings is 1. The Morgan fingerprint density at radius 2 is 1.86 bits per heavy atom. The number of esters is 1. The highest BCUT2D eigenvalue weighted by molar-refractivity contribution is 7.89. The minimum atomic E-state index is -3.83. The largest absolute Gasteiger partial charge is 0.468 e. The number of anilines is 1. The third-order valence-corrected chi connectivity index (χ3v) is 5.78. The average Bonchev–Trinajstić information content (AvgIpc) is 3.01. The minimum Gasteiger partial charge on any atom is -0.468 e. The van der Waals surface area contributed by atoms with Crippen LogP contribution in [0.3, 0.4) is 0 Å². The van der Waals surface area contributed by atoms with Crippen molar-refractivity contribution in [3.63, 3.8) is 0 Å². The molecule has 29 heavy (non-hydrogen) atoms. The predicted molar refractivity (Wildman–Crippen MR) is 107 cm³/mol. The van der Waals surface area contributed by atoms with Crippen molar-refractivity contribution < 1.29 is 22.4 Å². The molecule has 0 aliphatic heterocycles. The number of rotatable bonds is 7. The summed E-state index contributed by atoms with van der Waals surface area (Å²) in [6.07, 6.45) is 0. The fourth-order valence-corrected chi connectivity index (χ4v) is 3.76. The Kier molecular flexibility index (Phi) is 5.76. The van der Waals surface area contributed by atoms with Crippen LogP contribution < -0.4 is 15.4 Å². The molecular weight excluding hydrogens is 398 g/mol. The zero-order valence-electron chi connectivity index (χ0n) is 16.2. The van der Waals surface area contributed by atoms with Crippen LogP contribution in [0.15, 0.2) is 56.6 Å². The summed E-state index contributed by atoms with van der Waals surface area (Å²) >= 11 is 0. The summed E-state index contributed by atoms with van der Waals surface area (Å²) in [6.45, 7) is -0.211. The third kappa shape index (κ3) is 4.49. The normalized spacial score (nSPS) is 11.6. The fourth-order valence-electron chi connectivity index (χ4n) is 2.73. The first kappa shape index (κ1) is 20.6. The van der Waals surface area contributed by atoms with E-state index >= 15 is 0 Å². The number of fused-ring (bicyclic) bond motifs is 1. The maximum atomic E-state index is 12.6. The van der Waals surface area contributed by atoms with Crippen LogP contribution in [0.2, 0.25) is 0 Å². The van der Waals surface area contributed by atoms with Crippen molar-refractivity contribution in [1.82, 2.24) is 9.29 Å². The molecule has 0 amide bonds. The number of ether oxygens (including phenoxy) is 1. The highest BCUT2D eigenvalue weighted by Gasteiger charge is 2.18. The van der Waals surface area contributed by atoms with E-state index in [4.69, 9.17) is 4.42 Å². The topological polar surface area (TPSA) is 111 Å². The van der Waals surface area contributed by atoms with Crippen LogP contribution in [-0.2, 0) is 32.6 Å². The van der Waals surface area contributed by atoms with Gasteiger partial charge in [0.1, 0.15) is 6.54 Å². The maximum Gasteiger partial charge on any atom is 0.420 e. The van der Waals surface area contributed by atoms with Crippen molar-refractivity contribution in [3.8, 4) is 0 Å². The van der Waals surface area contributed by atoms with Gasteiger partial charge in [-0.25, -0.2) is 17.9 Å². The van der Waals surface area contributed by atoms with Crippen LogP contribution in [0.1, 0.15) is 5.56 Å². The van der Waals surface area contributed by atoms with E-state index in [-0.39, 0.29) is 23.6 Å². The van der Waals surface area contributed by atoms with Gasteiger partial charge in [0.25, 0.3) is 0 Å². The highest BCUT2D eigenvalue weighted by atomic mass is 32.2. The number of carbonyl (C=O) groups excluding carboxylic acids is 1. The molecule has 0 spiro atoms. The Morgan fingerprint density at radius 1 is 1.17 bits per heavy atom. The lowest BCUT2D eigenvalue weighted by atomic mass is 10.2. The summed E-state index contributed by atoms with van der Waals surface area (Å²) in [4.78, 5) is 25.3. The molecule has 0 radical (unpaired) electrons. The van der Waals surface area contributed by atoms with Crippen molar-refractivity contribution in [2.45, 2.75) is 18.0 Å². The SMILES string of the molecule is COC(=O)Cn1c(=O)oc2cc(S(=O)(=O)NCc3ccc(N(C)C)cc3)ccc21. The van der Waals surface area contributed by atoms with E-state index in [1.54, 1.807) is 0 Å². The Morgan fingerprint density at radius 3 is 2.48 bits per heavy atom. The molecule has 0 saturated heterocycles. The van der Waals surface area contributed by atoms with E-state index in [2.05, 4.69) is 9.46 Å². The number of sulfonamides is 1. The number of nitrogens with one attached hydrogen (secondary N) is 1. The van der Waals surface area contributed by atoms with Gasteiger partial charge in [-0.2, -0.15) is 0 Å². The number of carbonyl (C=O) groups is 1. The van der Waals surface area contributed by atoms with Gasteiger partial charge in [0.15, 0.2) is 5.58 Å². The summed E-state index contributed by atoms with van der Waals surface area (Å²) in [5, 5.41) is 0. The first-order chi connectivity index (χ1) is 13.7. The molecule has 9 nitrogen and oxygen atoms in total. The molecule has 0 atom stereocenters.